The summed E-state index contributed by atoms with van der Waals surface area (Å²) in [5, 5.41) is 0. The Balaban J connectivity index is 2.30. The monoisotopic (exact) mass is 277 g/mol. The number of aryl methyl sites for hydroxylation is 1. The normalized spacial score (nSPS) is 19.8. The van der Waals surface area contributed by atoms with E-state index < -0.39 is 0 Å². The molecule has 1 unspecified atom stereocenters. The lowest BCUT2D eigenvalue weighted by molar-refractivity contribution is 0.521. The van der Waals surface area contributed by atoms with Gasteiger partial charge in [0.05, 0.1) is 0 Å². The topological polar surface area (TPSA) is 67.1 Å². The Morgan fingerprint density at radius 2 is 2.10 bits per heavy atom. The molecule has 20 heavy (non-hydrogen) atoms. The van der Waals surface area contributed by atoms with Crippen LogP contribution >= 0.6 is 0 Å². The number of anilines is 2. The highest BCUT2D eigenvalue weighted by molar-refractivity contribution is 5.58. The van der Waals surface area contributed by atoms with Gasteiger partial charge in [-0.15, -0.1) is 0 Å². The molecule has 1 aromatic rings. The maximum atomic E-state index is 5.61. The smallest absolute Gasteiger partial charge is 0.148 e. The summed E-state index contributed by atoms with van der Waals surface area (Å²) in [6, 6.07) is 0. The average Bonchev–Trinajstić information content (AvgIpc) is 2.65. The summed E-state index contributed by atoms with van der Waals surface area (Å²) in [7, 11) is 0. The summed E-state index contributed by atoms with van der Waals surface area (Å²) in [6.07, 6.45) is 5.72. The Labute approximate surface area is 121 Å². The minimum atomic E-state index is 0.760. The van der Waals surface area contributed by atoms with E-state index in [0.29, 0.717) is 0 Å². The summed E-state index contributed by atoms with van der Waals surface area (Å²) < 4.78 is 0. The second-order valence-corrected chi connectivity index (χ2v) is 5.85. The first kappa shape index (κ1) is 15.0. The Bertz CT molecular complexity index is 446. The molecular weight excluding hydrogens is 250 g/mol. The lowest BCUT2D eigenvalue weighted by atomic mass is 10.0. The van der Waals surface area contributed by atoms with E-state index in [1.165, 1.54) is 19.3 Å². The number of nitrogens with zero attached hydrogens (tertiary/aromatic N) is 3. The summed E-state index contributed by atoms with van der Waals surface area (Å²) >= 11 is 0. The van der Waals surface area contributed by atoms with Crippen LogP contribution in [0.25, 0.3) is 0 Å². The van der Waals surface area contributed by atoms with Gasteiger partial charge >= 0.3 is 0 Å². The van der Waals surface area contributed by atoms with E-state index in [1.807, 2.05) is 0 Å². The predicted octanol–water partition coefficient (Wildman–Crippen LogP) is 2.65. The van der Waals surface area contributed by atoms with Crippen LogP contribution in [0.5, 0.6) is 0 Å². The molecule has 1 saturated heterocycles. The van der Waals surface area contributed by atoms with Gasteiger partial charge in [-0.3, -0.25) is 0 Å². The van der Waals surface area contributed by atoms with Crippen molar-refractivity contribution in [2.45, 2.75) is 52.9 Å². The second kappa shape index (κ2) is 6.88. The van der Waals surface area contributed by atoms with Gasteiger partial charge in [0.1, 0.15) is 17.5 Å². The number of rotatable bonds is 4. The van der Waals surface area contributed by atoms with Gasteiger partial charge in [0, 0.05) is 25.1 Å². The van der Waals surface area contributed by atoms with Crippen molar-refractivity contribution in [3.63, 3.8) is 0 Å². The molecule has 0 amide bonds. The van der Waals surface area contributed by atoms with Crippen LogP contribution in [0.4, 0.5) is 11.6 Å². The molecule has 112 valence electrons. The Hall–Kier alpha value is -1.36. The first-order chi connectivity index (χ1) is 9.65. The zero-order chi connectivity index (χ0) is 14.5. The number of hydrazine groups is 1. The van der Waals surface area contributed by atoms with Crippen LogP contribution in [0.3, 0.4) is 0 Å². The zero-order valence-electron chi connectivity index (χ0n) is 12.9. The molecule has 2 rings (SSSR count). The van der Waals surface area contributed by atoms with Crippen molar-refractivity contribution < 1.29 is 0 Å². The zero-order valence-corrected chi connectivity index (χ0v) is 12.9. The molecule has 0 bridgehead atoms. The molecule has 1 atom stereocenters. The first-order valence-corrected chi connectivity index (χ1v) is 7.74. The fourth-order valence-corrected chi connectivity index (χ4v) is 2.81. The largest absolute Gasteiger partial charge is 0.356 e. The molecule has 0 aromatic carbocycles. The Morgan fingerprint density at radius 1 is 1.30 bits per heavy atom. The van der Waals surface area contributed by atoms with Gasteiger partial charge in [0.25, 0.3) is 0 Å². The van der Waals surface area contributed by atoms with Gasteiger partial charge < -0.3 is 10.3 Å². The first-order valence-electron chi connectivity index (χ1n) is 7.74. The third-order valence-electron chi connectivity index (χ3n) is 4.09. The average molecular weight is 277 g/mol. The van der Waals surface area contributed by atoms with Crippen LogP contribution in [-0.4, -0.2) is 23.1 Å². The third kappa shape index (κ3) is 3.39. The van der Waals surface area contributed by atoms with Gasteiger partial charge in [-0.05, 0) is 38.5 Å². The van der Waals surface area contributed by atoms with Crippen LogP contribution in [0.1, 0.15) is 50.9 Å². The highest BCUT2D eigenvalue weighted by Gasteiger charge is 2.19. The van der Waals surface area contributed by atoms with Crippen molar-refractivity contribution in [1.29, 1.82) is 0 Å². The molecule has 0 aliphatic carbocycles. The molecule has 3 N–H and O–H groups in total. The van der Waals surface area contributed by atoms with E-state index in [2.05, 4.69) is 36.1 Å². The lowest BCUT2D eigenvalue weighted by Crippen LogP contribution is -2.27. The molecular formula is C15H27N5. The number of aromatic nitrogens is 2. The lowest BCUT2D eigenvalue weighted by Gasteiger charge is -2.25. The van der Waals surface area contributed by atoms with Gasteiger partial charge in [-0.1, -0.05) is 13.8 Å². The molecule has 5 heteroatoms. The van der Waals surface area contributed by atoms with Crippen molar-refractivity contribution in [2.24, 2.45) is 11.8 Å². The standard InChI is InChI=1S/C15H27N5/c1-4-6-13-17-14(19-16)12(3)15(18-13)20-9-5-7-11(2)8-10-20/h11H,4-10,16H2,1-3H3,(H,17,18,19). The number of hydrogen-bond acceptors (Lipinski definition) is 5. The minimum Gasteiger partial charge on any atom is -0.356 e. The molecule has 1 fully saturated rings. The quantitative estimate of drug-likeness (QED) is 0.654. The number of hydrogen-bond donors (Lipinski definition) is 2. The van der Waals surface area contributed by atoms with Crippen LogP contribution < -0.4 is 16.2 Å². The molecule has 2 heterocycles. The summed E-state index contributed by atoms with van der Waals surface area (Å²) in [6.45, 7) is 8.69. The van der Waals surface area contributed by atoms with E-state index in [4.69, 9.17) is 10.8 Å². The van der Waals surface area contributed by atoms with Crippen molar-refractivity contribution in [3.05, 3.63) is 11.4 Å². The molecule has 5 nitrogen and oxygen atoms in total. The van der Waals surface area contributed by atoms with Gasteiger partial charge in [-0.25, -0.2) is 15.8 Å². The fourth-order valence-electron chi connectivity index (χ4n) is 2.81. The van der Waals surface area contributed by atoms with Gasteiger partial charge in [0.2, 0.25) is 0 Å². The number of nitrogens with one attached hydrogen (secondary N) is 1. The van der Waals surface area contributed by atoms with Crippen molar-refractivity contribution in [3.8, 4) is 0 Å². The van der Waals surface area contributed by atoms with Crippen LogP contribution in [0, 0.1) is 12.8 Å². The number of nitrogens with two attached hydrogens (primary N) is 1. The van der Waals surface area contributed by atoms with Crippen molar-refractivity contribution in [2.75, 3.05) is 23.4 Å². The van der Waals surface area contributed by atoms with E-state index >= 15 is 0 Å². The molecule has 1 aromatic heterocycles. The highest BCUT2D eigenvalue weighted by atomic mass is 15.3. The second-order valence-electron chi connectivity index (χ2n) is 5.85. The maximum absolute atomic E-state index is 5.61. The summed E-state index contributed by atoms with van der Waals surface area (Å²) in [5.41, 5.74) is 3.78. The maximum Gasteiger partial charge on any atom is 0.148 e. The van der Waals surface area contributed by atoms with E-state index in [-0.39, 0.29) is 0 Å². The van der Waals surface area contributed by atoms with Crippen LogP contribution in [0.2, 0.25) is 0 Å². The molecule has 0 saturated carbocycles. The van der Waals surface area contributed by atoms with E-state index in [0.717, 1.165) is 54.9 Å². The van der Waals surface area contributed by atoms with E-state index in [9.17, 15) is 0 Å². The highest BCUT2D eigenvalue weighted by Crippen LogP contribution is 2.27. The summed E-state index contributed by atoms with van der Waals surface area (Å²) in [5.74, 6) is 9.13. The molecule has 0 spiro atoms. The van der Waals surface area contributed by atoms with Crippen molar-refractivity contribution in [1.82, 2.24) is 9.97 Å². The predicted molar refractivity (Wildman–Crippen MR) is 83.8 cm³/mol. The Kier molecular flexibility index (Phi) is 5.17. The minimum absolute atomic E-state index is 0.760. The molecule has 0 radical (unpaired) electrons. The number of nitrogen functional groups attached to an aromatic ring is 1. The summed E-state index contributed by atoms with van der Waals surface area (Å²) in [4.78, 5) is 11.7. The molecule has 1 aliphatic rings. The van der Waals surface area contributed by atoms with Crippen LogP contribution in [-0.2, 0) is 6.42 Å². The Morgan fingerprint density at radius 3 is 2.80 bits per heavy atom. The van der Waals surface area contributed by atoms with Crippen molar-refractivity contribution >= 4 is 11.6 Å². The van der Waals surface area contributed by atoms with Crippen LogP contribution in [0.15, 0.2) is 0 Å². The van der Waals surface area contributed by atoms with Gasteiger partial charge in [-0.2, -0.15) is 0 Å². The third-order valence-corrected chi connectivity index (χ3v) is 4.09. The van der Waals surface area contributed by atoms with Gasteiger partial charge in [0.15, 0.2) is 0 Å². The SMILES string of the molecule is CCCc1nc(NN)c(C)c(N2CCCC(C)CC2)n1. The fraction of sp³-hybridized carbons (Fsp3) is 0.733. The van der Waals surface area contributed by atoms with E-state index in [1.54, 1.807) is 0 Å². The molecule has 1 aliphatic heterocycles.